The van der Waals surface area contributed by atoms with Crippen LogP contribution >= 0.6 is 0 Å². The maximum atomic E-state index is 10.8. The lowest BCUT2D eigenvalue weighted by molar-refractivity contribution is -0.393. The monoisotopic (exact) mass is 591 g/mol. The van der Waals surface area contributed by atoms with Gasteiger partial charge in [0, 0.05) is 6.54 Å². The molecule has 18 nitrogen and oxygen atoms in total. The molecule has 3 rings (SSSR count). The van der Waals surface area contributed by atoms with Crippen LogP contribution in [0.3, 0.4) is 0 Å². The van der Waals surface area contributed by atoms with Crippen molar-refractivity contribution >= 4 is 0 Å². The van der Waals surface area contributed by atoms with Crippen molar-refractivity contribution < 1.29 is 84.2 Å². The van der Waals surface area contributed by atoms with E-state index in [0.717, 1.165) is 0 Å². The minimum atomic E-state index is -1.89. The number of nitrogens with two attached hydrogens (primary N) is 1. The summed E-state index contributed by atoms with van der Waals surface area (Å²) in [7, 11) is 0. The van der Waals surface area contributed by atoms with E-state index in [1.165, 1.54) is 0 Å². The normalized spacial score (nSPS) is 46.4. The number of ether oxygens (including phenoxy) is 7. The van der Waals surface area contributed by atoms with E-state index in [0.29, 0.717) is 0 Å². The Bertz CT molecular complexity index is 737. The predicted octanol–water partition coefficient (Wildman–Crippen LogP) is -7.57. The summed E-state index contributed by atoms with van der Waals surface area (Å²) in [6.45, 7) is -1.78. The summed E-state index contributed by atoms with van der Waals surface area (Å²) in [6, 6.07) is 0. The van der Waals surface area contributed by atoms with Crippen LogP contribution in [0.25, 0.3) is 0 Å². The lowest BCUT2D eigenvalue weighted by Gasteiger charge is -2.48. The van der Waals surface area contributed by atoms with Crippen LogP contribution < -0.4 is 5.73 Å². The van der Waals surface area contributed by atoms with Gasteiger partial charge in [0.05, 0.1) is 39.6 Å². The maximum Gasteiger partial charge on any atom is 0.187 e. The van der Waals surface area contributed by atoms with Gasteiger partial charge in [0.2, 0.25) is 0 Å². The summed E-state index contributed by atoms with van der Waals surface area (Å²) in [5.74, 6) is 0. The molecule has 0 aliphatic carbocycles. The smallest absolute Gasteiger partial charge is 0.187 e. The Morgan fingerprint density at radius 2 is 0.950 bits per heavy atom. The Morgan fingerprint density at radius 3 is 1.48 bits per heavy atom. The largest absolute Gasteiger partial charge is 0.394 e. The molecule has 236 valence electrons. The molecular formula is C22H41NO17. The molecule has 12 N–H and O–H groups in total. The molecule has 18 heteroatoms. The number of rotatable bonds is 13. The van der Waals surface area contributed by atoms with Crippen LogP contribution in [0.2, 0.25) is 0 Å². The van der Waals surface area contributed by atoms with Crippen molar-refractivity contribution in [1.29, 1.82) is 0 Å². The topological polar surface area (TPSA) is 293 Å². The molecule has 0 aromatic heterocycles. The first-order valence-corrected chi connectivity index (χ1v) is 12.8. The van der Waals surface area contributed by atoms with E-state index < -0.39 is 112 Å². The van der Waals surface area contributed by atoms with Gasteiger partial charge in [-0.1, -0.05) is 0 Å². The van der Waals surface area contributed by atoms with Crippen molar-refractivity contribution in [3.63, 3.8) is 0 Å². The highest BCUT2D eigenvalue weighted by molar-refractivity contribution is 4.96. The Balaban J connectivity index is 1.82. The predicted molar refractivity (Wildman–Crippen MR) is 125 cm³/mol. The first-order chi connectivity index (χ1) is 19.1. The van der Waals surface area contributed by atoms with Gasteiger partial charge in [-0.25, -0.2) is 0 Å². The quantitative estimate of drug-likeness (QED) is 0.0886. The minimum absolute atomic E-state index is 0.0620. The first-order valence-electron chi connectivity index (χ1n) is 12.8. The van der Waals surface area contributed by atoms with Gasteiger partial charge < -0.3 is 90.0 Å². The van der Waals surface area contributed by atoms with Crippen LogP contribution in [-0.2, 0) is 33.2 Å². The molecule has 0 radical (unpaired) electrons. The van der Waals surface area contributed by atoms with E-state index in [4.69, 9.17) is 38.9 Å². The highest BCUT2D eigenvalue weighted by Gasteiger charge is 2.54. The summed E-state index contributed by atoms with van der Waals surface area (Å²) in [5.41, 5.74) is 5.37. The van der Waals surface area contributed by atoms with Gasteiger partial charge in [-0.3, -0.25) is 0 Å². The van der Waals surface area contributed by atoms with Crippen LogP contribution in [0.1, 0.15) is 0 Å². The summed E-state index contributed by atoms with van der Waals surface area (Å²) < 4.78 is 38.6. The molecule has 0 saturated carbocycles. The van der Waals surface area contributed by atoms with Crippen molar-refractivity contribution in [3.8, 4) is 0 Å². The first kappa shape index (κ1) is 33.8. The van der Waals surface area contributed by atoms with E-state index in [9.17, 15) is 51.1 Å². The van der Waals surface area contributed by atoms with Crippen molar-refractivity contribution in [3.05, 3.63) is 0 Å². The second-order valence-electron chi connectivity index (χ2n) is 9.58. The zero-order valence-electron chi connectivity index (χ0n) is 21.5. The number of aliphatic hydroxyl groups is 10. The molecule has 3 heterocycles. The van der Waals surface area contributed by atoms with E-state index in [-0.39, 0.29) is 26.4 Å². The highest BCUT2D eigenvalue weighted by Crippen LogP contribution is 2.33. The Morgan fingerprint density at radius 1 is 0.500 bits per heavy atom. The van der Waals surface area contributed by atoms with Gasteiger partial charge in [-0.15, -0.1) is 0 Å². The van der Waals surface area contributed by atoms with Gasteiger partial charge in [0.1, 0.15) is 73.2 Å². The van der Waals surface area contributed by atoms with Gasteiger partial charge in [0.15, 0.2) is 18.9 Å². The van der Waals surface area contributed by atoms with E-state index in [1.54, 1.807) is 0 Å². The molecule has 3 saturated heterocycles. The second kappa shape index (κ2) is 15.7. The average molecular weight is 592 g/mol. The van der Waals surface area contributed by atoms with E-state index >= 15 is 0 Å². The standard InChI is InChI=1S/C22H41NO17/c23-1-2-34-3-4-35-21-18(15(31)12(28)9(6-25)37-21)40-22-19(16(32)13(29)10(7-26)38-22)39-20-17(33)14(30)11(27)8(5-24)36-20/h8-22,24-33H,1-7,23H2/t8?,9?,10-,11-,12-,13-,14?,15?,16?,17?,18?,19?,20+,21+,22-/m1/s1. The fourth-order valence-electron chi connectivity index (χ4n) is 4.54. The molecule has 0 amide bonds. The fourth-order valence-corrected chi connectivity index (χ4v) is 4.54. The average Bonchev–Trinajstić information content (AvgIpc) is 2.95. The van der Waals surface area contributed by atoms with Crippen molar-refractivity contribution in [2.24, 2.45) is 5.73 Å². The minimum Gasteiger partial charge on any atom is -0.394 e. The molecule has 0 spiro atoms. The Hall–Kier alpha value is -0.720. The SMILES string of the molecule is NCCOCCO[C@H]1OC(CO)[C@@H](O)C(O)C1O[C@H]1O[C@H](CO)[C@@H](O)C(O)C1O[C@@H]1OC(CO)[C@@H](O)C(O)C1O. The van der Waals surface area contributed by atoms with Crippen LogP contribution in [0.4, 0.5) is 0 Å². The molecule has 3 aliphatic rings. The molecule has 3 fully saturated rings. The summed E-state index contributed by atoms with van der Waals surface area (Å²) in [4.78, 5) is 0. The number of hydrogen-bond acceptors (Lipinski definition) is 18. The summed E-state index contributed by atoms with van der Waals surface area (Å²) in [6.07, 6.45) is -24.8. The van der Waals surface area contributed by atoms with Crippen molar-refractivity contribution in [2.45, 2.75) is 92.1 Å². The van der Waals surface area contributed by atoms with Crippen LogP contribution in [-0.4, -0.2) is 189 Å². The van der Waals surface area contributed by atoms with Gasteiger partial charge in [-0.05, 0) is 0 Å². The maximum absolute atomic E-state index is 10.8. The molecule has 0 bridgehead atoms. The van der Waals surface area contributed by atoms with E-state index in [1.807, 2.05) is 0 Å². The lowest BCUT2D eigenvalue weighted by atomic mass is 9.96. The third-order valence-corrected chi connectivity index (χ3v) is 6.85. The van der Waals surface area contributed by atoms with Crippen LogP contribution in [0, 0.1) is 0 Å². The second-order valence-corrected chi connectivity index (χ2v) is 9.58. The molecular weight excluding hydrogens is 550 g/mol. The highest BCUT2D eigenvalue weighted by atomic mass is 16.8. The zero-order chi connectivity index (χ0) is 29.6. The van der Waals surface area contributed by atoms with Crippen molar-refractivity contribution in [2.75, 3.05) is 46.2 Å². The molecule has 3 aliphatic heterocycles. The molecule has 15 atom stereocenters. The third-order valence-electron chi connectivity index (χ3n) is 6.85. The number of hydrogen-bond donors (Lipinski definition) is 11. The van der Waals surface area contributed by atoms with Crippen molar-refractivity contribution in [1.82, 2.24) is 0 Å². The third kappa shape index (κ3) is 7.61. The zero-order valence-corrected chi connectivity index (χ0v) is 21.5. The lowest BCUT2D eigenvalue weighted by Crippen LogP contribution is -2.67. The molecule has 8 unspecified atom stereocenters. The summed E-state index contributed by atoms with van der Waals surface area (Å²) in [5, 5.41) is 102. The van der Waals surface area contributed by atoms with Gasteiger partial charge in [-0.2, -0.15) is 0 Å². The Labute approximate surface area is 228 Å². The van der Waals surface area contributed by atoms with Crippen LogP contribution in [0.15, 0.2) is 0 Å². The molecule has 40 heavy (non-hydrogen) atoms. The Kier molecular flexibility index (Phi) is 13.2. The fraction of sp³-hybridized carbons (Fsp3) is 1.00. The van der Waals surface area contributed by atoms with Crippen LogP contribution in [0.5, 0.6) is 0 Å². The molecule has 0 aromatic carbocycles. The van der Waals surface area contributed by atoms with Gasteiger partial charge in [0.25, 0.3) is 0 Å². The number of aliphatic hydroxyl groups excluding tert-OH is 10. The van der Waals surface area contributed by atoms with E-state index in [2.05, 4.69) is 0 Å². The van der Waals surface area contributed by atoms with Gasteiger partial charge >= 0.3 is 0 Å². The molecule has 0 aromatic rings. The summed E-state index contributed by atoms with van der Waals surface area (Å²) >= 11 is 0.